The molecule has 3 rings (SSSR count). The maximum atomic E-state index is 12.2. The Morgan fingerprint density at radius 2 is 1.90 bits per heavy atom. The second-order valence-corrected chi connectivity index (χ2v) is 7.50. The van der Waals surface area contributed by atoms with E-state index >= 15 is 0 Å². The molecule has 1 saturated carbocycles. The minimum absolute atomic E-state index is 0.0478. The first-order valence-corrected chi connectivity index (χ1v) is 9.09. The summed E-state index contributed by atoms with van der Waals surface area (Å²) in [6.45, 7) is 0.0478. The molecule has 0 saturated heterocycles. The molecule has 0 radical (unpaired) electrons. The molecule has 1 N–H and O–H groups in total. The molecule has 1 aromatic carbocycles. The number of thiazole rings is 1. The highest BCUT2D eigenvalue weighted by atomic mass is 32.2. The smallest absolute Gasteiger partial charge is 0.0959 e. The van der Waals surface area contributed by atoms with Crippen LogP contribution < -0.4 is 0 Å². The van der Waals surface area contributed by atoms with Gasteiger partial charge in [0.25, 0.3) is 0 Å². The molecule has 1 aliphatic rings. The molecule has 106 valence electrons. The molecule has 1 aromatic heterocycles. The van der Waals surface area contributed by atoms with Crippen LogP contribution in [0.1, 0.15) is 40.6 Å². The fourth-order valence-electron chi connectivity index (χ4n) is 2.05. The summed E-state index contributed by atoms with van der Waals surface area (Å²) in [5, 5.41) is 12.2. The van der Waals surface area contributed by atoms with Crippen LogP contribution in [0.5, 0.6) is 0 Å². The molecule has 1 heterocycles. The molecule has 0 aliphatic heterocycles. The quantitative estimate of drug-likeness (QED) is 0.892. The summed E-state index contributed by atoms with van der Waals surface area (Å²) in [7, 11) is -0.928. The van der Waals surface area contributed by atoms with E-state index in [0.717, 1.165) is 16.8 Å². The molecule has 0 amide bonds. The van der Waals surface area contributed by atoms with Crippen molar-refractivity contribution in [3.05, 3.63) is 51.5 Å². The van der Waals surface area contributed by atoms with Crippen molar-refractivity contribution in [2.45, 2.75) is 36.9 Å². The van der Waals surface area contributed by atoms with Gasteiger partial charge in [0, 0.05) is 27.9 Å². The Hall–Kier alpha value is -1.04. The van der Waals surface area contributed by atoms with Crippen LogP contribution >= 0.6 is 11.3 Å². The summed E-state index contributed by atoms with van der Waals surface area (Å²) in [5.74, 6) is 1.75. The number of benzene rings is 1. The third kappa shape index (κ3) is 3.53. The number of aliphatic hydroxyl groups excluding tert-OH is 1. The van der Waals surface area contributed by atoms with Crippen LogP contribution in [-0.4, -0.2) is 14.3 Å². The van der Waals surface area contributed by atoms with Gasteiger partial charge in [0.15, 0.2) is 0 Å². The van der Waals surface area contributed by atoms with Gasteiger partial charge < -0.3 is 5.11 Å². The van der Waals surface area contributed by atoms with Crippen molar-refractivity contribution in [1.29, 1.82) is 0 Å². The number of rotatable bonds is 6. The van der Waals surface area contributed by atoms with E-state index in [1.54, 1.807) is 11.3 Å². The third-order valence-electron chi connectivity index (χ3n) is 3.34. The Morgan fingerprint density at radius 1 is 1.20 bits per heavy atom. The number of nitrogens with zero attached hydrogens (tertiary/aromatic N) is 1. The number of aliphatic hydroxyl groups is 1. The molecule has 1 unspecified atom stereocenters. The van der Waals surface area contributed by atoms with Crippen LogP contribution in [0.25, 0.3) is 0 Å². The number of aromatic nitrogens is 1. The van der Waals surface area contributed by atoms with Crippen LogP contribution in [0.2, 0.25) is 0 Å². The van der Waals surface area contributed by atoms with Gasteiger partial charge in [-0.1, -0.05) is 24.3 Å². The molecule has 1 fully saturated rings. The van der Waals surface area contributed by atoms with Crippen molar-refractivity contribution < 1.29 is 9.32 Å². The lowest BCUT2D eigenvalue weighted by Crippen LogP contribution is -2.00. The minimum Gasteiger partial charge on any atom is -0.392 e. The van der Waals surface area contributed by atoms with E-state index in [2.05, 4.69) is 4.98 Å². The Bertz CT molecular complexity index is 603. The number of hydrogen-bond donors (Lipinski definition) is 1. The van der Waals surface area contributed by atoms with Gasteiger partial charge in [0.1, 0.15) is 0 Å². The molecular weight excluding hydrogens is 290 g/mol. The highest BCUT2D eigenvalue weighted by molar-refractivity contribution is 7.83. The highest BCUT2D eigenvalue weighted by Gasteiger charge is 2.26. The van der Waals surface area contributed by atoms with Crippen molar-refractivity contribution in [2.24, 2.45) is 0 Å². The Morgan fingerprint density at radius 3 is 2.55 bits per heavy atom. The van der Waals surface area contributed by atoms with Gasteiger partial charge in [-0.05, 0) is 24.0 Å². The highest BCUT2D eigenvalue weighted by Crippen LogP contribution is 2.41. The average molecular weight is 307 g/mol. The predicted octanol–water partition coefficient (Wildman–Crippen LogP) is 2.96. The molecule has 0 bridgehead atoms. The lowest BCUT2D eigenvalue weighted by atomic mass is 10.2. The second-order valence-electron chi connectivity index (χ2n) is 5.15. The number of hydrogen-bond acceptors (Lipinski definition) is 4. The monoisotopic (exact) mass is 307 g/mol. The maximum Gasteiger partial charge on any atom is 0.0959 e. The van der Waals surface area contributed by atoms with E-state index in [0.29, 0.717) is 17.4 Å². The fourth-order valence-corrected chi connectivity index (χ4v) is 4.29. The van der Waals surface area contributed by atoms with Crippen molar-refractivity contribution in [2.75, 3.05) is 0 Å². The lowest BCUT2D eigenvalue weighted by molar-refractivity contribution is 0.282. The van der Waals surface area contributed by atoms with Gasteiger partial charge in [-0.3, -0.25) is 4.21 Å². The molecule has 5 heteroatoms. The molecular formula is C15H17NO2S2. The van der Waals surface area contributed by atoms with Crippen LogP contribution in [-0.2, 0) is 28.9 Å². The molecule has 0 spiro atoms. The van der Waals surface area contributed by atoms with Crippen LogP contribution in [0.4, 0.5) is 0 Å². The first kappa shape index (κ1) is 13.9. The molecule has 2 aromatic rings. The topological polar surface area (TPSA) is 50.2 Å². The predicted molar refractivity (Wildman–Crippen MR) is 82.0 cm³/mol. The third-order valence-corrected chi connectivity index (χ3v) is 5.67. The van der Waals surface area contributed by atoms with E-state index in [9.17, 15) is 4.21 Å². The summed E-state index contributed by atoms with van der Waals surface area (Å²) in [6, 6.07) is 7.61. The Balaban J connectivity index is 1.57. The standard InChI is InChI=1S/C15H17NO2S2/c17-7-11-1-3-12(4-2-11)9-20(18)10-14-8-19-15(16-14)13-5-6-13/h1-4,8,13,17H,5-7,9-10H2. The Kier molecular flexibility index (Phi) is 4.29. The molecule has 3 nitrogen and oxygen atoms in total. The summed E-state index contributed by atoms with van der Waals surface area (Å²) >= 11 is 1.70. The van der Waals surface area contributed by atoms with Gasteiger partial charge in [-0.2, -0.15) is 0 Å². The average Bonchev–Trinajstić information content (AvgIpc) is 3.20. The summed E-state index contributed by atoms with van der Waals surface area (Å²) in [5.41, 5.74) is 2.88. The normalized spacial score (nSPS) is 16.2. The van der Waals surface area contributed by atoms with Crippen molar-refractivity contribution in [1.82, 2.24) is 4.98 Å². The molecule has 20 heavy (non-hydrogen) atoms. The fraction of sp³-hybridized carbons (Fsp3) is 0.400. The van der Waals surface area contributed by atoms with Gasteiger partial charge in [-0.25, -0.2) is 4.98 Å². The van der Waals surface area contributed by atoms with Crippen molar-refractivity contribution in [3.8, 4) is 0 Å². The zero-order valence-corrected chi connectivity index (χ0v) is 12.8. The van der Waals surface area contributed by atoms with Crippen molar-refractivity contribution in [3.63, 3.8) is 0 Å². The minimum atomic E-state index is -0.928. The van der Waals surface area contributed by atoms with Gasteiger partial charge in [-0.15, -0.1) is 11.3 Å². The van der Waals surface area contributed by atoms with Gasteiger partial charge in [0.05, 0.1) is 23.1 Å². The first-order valence-electron chi connectivity index (χ1n) is 6.72. The van der Waals surface area contributed by atoms with E-state index in [1.165, 1.54) is 17.8 Å². The summed E-state index contributed by atoms with van der Waals surface area (Å²) < 4.78 is 12.2. The summed E-state index contributed by atoms with van der Waals surface area (Å²) in [6.07, 6.45) is 2.51. The van der Waals surface area contributed by atoms with E-state index in [1.807, 2.05) is 29.6 Å². The van der Waals surface area contributed by atoms with E-state index < -0.39 is 10.8 Å². The van der Waals surface area contributed by atoms with Crippen LogP contribution in [0, 0.1) is 0 Å². The van der Waals surface area contributed by atoms with Crippen LogP contribution in [0.3, 0.4) is 0 Å². The van der Waals surface area contributed by atoms with Crippen molar-refractivity contribution >= 4 is 22.1 Å². The Labute approximate surface area is 125 Å². The largest absolute Gasteiger partial charge is 0.392 e. The van der Waals surface area contributed by atoms with Crippen LogP contribution in [0.15, 0.2) is 29.6 Å². The molecule has 1 atom stereocenters. The van der Waals surface area contributed by atoms with E-state index in [4.69, 9.17) is 5.11 Å². The summed E-state index contributed by atoms with van der Waals surface area (Å²) in [4.78, 5) is 4.57. The lowest BCUT2D eigenvalue weighted by Gasteiger charge is -2.02. The zero-order chi connectivity index (χ0) is 13.9. The van der Waals surface area contributed by atoms with Gasteiger partial charge >= 0.3 is 0 Å². The van der Waals surface area contributed by atoms with E-state index in [-0.39, 0.29) is 6.61 Å². The molecule has 1 aliphatic carbocycles. The van der Waals surface area contributed by atoms with Gasteiger partial charge in [0.2, 0.25) is 0 Å². The maximum absolute atomic E-state index is 12.2. The SMILES string of the molecule is O=S(Cc1ccc(CO)cc1)Cc1csc(C2CC2)n1. The first-order chi connectivity index (χ1) is 9.74. The second kappa shape index (κ2) is 6.16. The zero-order valence-electron chi connectivity index (χ0n) is 11.1.